The normalized spacial score (nSPS) is 19.7. The zero-order valence-electron chi connectivity index (χ0n) is 11.2. The van der Waals surface area contributed by atoms with Crippen LogP contribution in [0.4, 0.5) is 0 Å². The molecule has 5 heteroatoms. The van der Waals surface area contributed by atoms with Crippen LogP contribution in [0.15, 0.2) is 4.52 Å². The first-order valence-electron chi connectivity index (χ1n) is 6.94. The smallest absolute Gasteiger partial charge is 0.246 e. The lowest BCUT2D eigenvalue weighted by Gasteiger charge is -2.22. The summed E-state index contributed by atoms with van der Waals surface area (Å²) in [6.07, 6.45) is 7.99. The van der Waals surface area contributed by atoms with Crippen molar-refractivity contribution in [3.63, 3.8) is 0 Å². The number of thioether (sulfide) groups is 1. The molecule has 18 heavy (non-hydrogen) atoms. The van der Waals surface area contributed by atoms with Crippen LogP contribution in [-0.4, -0.2) is 15.9 Å². The van der Waals surface area contributed by atoms with Crippen LogP contribution in [0.2, 0.25) is 0 Å². The first-order valence-corrected chi connectivity index (χ1v) is 8.10. The van der Waals surface area contributed by atoms with E-state index in [0.717, 1.165) is 30.2 Å². The van der Waals surface area contributed by atoms with Crippen LogP contribution in [0.3, 0.4) is 0 Å². The number of hydrogen-bond acceptors (Lipinski definition) is 5. The van der Waals surface area contributed by atoms with Gasteiger partial charge in [0, 0.05) is 0 Å². The molecule has 0 spiro atoms. The summed E-state index contributed by atoms with van der Waals surface area (Å²) in [5.74, 6) is 3.40. The fourth-order valence-corrected chi connectivity index (χ4v) is 3.13. The Morgan fingerprint density at radius 2 is 2.00 bits per heavy atom. The molecule has 0 unspecified atom stereocenters. The molecule has 102 valence electrons. The summed E-state index contributed by atoms with van der Waals surface area (Å²) in [5, 5.41) is 4.05. The predicted octanol–water partition coefficient (Wildman–Crippen LogP) is 3.22. The molecule has 0 saturated heterocycles. The van der Waals surface area contributed by atoms with E-state index in [1.165, 1.54) is 32.1 Å². The third-order valence-corrected chi connectivity index (χ3v) is 4.63. The minimum absolute atomic E-state index is 0.378. The number of hydrogen-bond donors (Lipinski definition) is 1. The monoisotopic (exact) mass is 269 g/mol. The van der Waals surface area contributed by atoms with E-state index in [9.17, 15) is 0 Å². The van der Waals surface area contributed by atoms with Gasteiger partial charge >= 0.3 is 0 Å². The van der Waals surface area contributed by atoms with Gasteiger partial charge in [-0.25, -0.2) is 0 Å². The molecule has 0 aromatic carbocycles. The largest absolute Gasteiger partial charge is 0.337 e. The number of aromatic nitrogens is 2. The third kappa shape index (κ3) is 3.48. The van der Waals surface area contributed by atoms with Gasteiger partial charge in [-0.3, -0.25) is 0 Å². The molecule has 1 aromatic heterocycles. The maximum atomic E-state index is 6.45. The van der Waals surface area contributed by atoms with Crippen molar-refractivity contribution in [3.05, 3.63) is 11.7 Å². The van der Waals surface area contributed by atoms with Crippen molar-refractivity contribution < 1.29 is 4.52 Å². The quantitative estimate of drug-likeness (QED) is 0.656. The van der Waals surface area contributed by atoms with E-state index >= 15 is 0 Å². The molecular formula is C13H23N3OS. The number of nitrogens with zero attached hydrogens (tertiary/aromatic N) is 2. The molecular weight excluding hydrogens is 246 g/mol. The molecule has 2 rings (SSSR count). The first kappa shape index (κ1) is 13.9. The van der Waals surface area contributed by atoms with E-state index in [1.54, 1.807) is 0 Å². The van der Waals surface area contributed by atoms with E-state index in [1.807, 2.05) is 11.8 Å². The van der Waals surface area contributed by atoms with Gasteiger partial charge in [-0.15, -0.1) is 0 Å². The maximum absolute atomic E-state index is 6.45. The van der Waals surface area contributed by atoms with Crippen molar-refractivity contribution in [1.29, 1.82) is 0 Å². The van der Waals surface area contributed by atoms with Gasteiger partial charge in [0.2, 0.25) is 5.89 Å². The van der Waals surface area contributed by atoms with Crippen LogP contribution in [0, 0.1) is 0 Å². The van der Waals surface area contributed by atoms with E-state index in [0.29, 0.717) is 5.89 Å². The Balaban J connectivity index is 1.99. The van der Waals surface area contributed by atoms with Gasteiger partial charge in [-0.1, -0.05) is 37.8 Å². The highest BCUT2D eigenvalue weighted by atomic mass is 32.2. The molecule has 1 aliphatic carbocycles. The van der Waals surface area contributed by atoms with Crippen molar-refractivity contribution in [2.24, 2.45) is 5.73 Å². The van der Waals surface area contributed by atoms with Crippen LogP contribution in [0.5, 0.6) is 0 Å². The Labute approximate surface area is 113 Å². The highest BCUT2D eigenvalue weighted by molar-refractivity contribution is 7.98. The second kappa shape index (κ2) is 6.57. The standard InChI is InChI=1S/C13H23N3OS/c1-2-9-18-10-11-15-12(17-16-11)13(14)7-5-3-4-6-8-13/h2-10,14H2,1H3. The van der Waals surface area contributed by atoms with Gasteiger partial charge < -0.3 is 10.3 Å². The van der Waals surface area contributed by atoms with Crippen molar-refractivity contribution in [1.82, 2.24) is 10.1 Å². The summed E-state index contributed by atoms with van der Waals surface area (Å²) < 4.78 is 5.39. The number of nitrogens with two attached hydrogens (primary N) is 1. The molecule has 4 nitrogen and oxygen atoms in total. The van der Waals surface area contributed by atoms with Crippen LogP contribution in [0.1, 0.15) is 63.6 Å². The minimum Gasteiger partial charge on any atom is -0.337 e. The van der Waals surface area contributed by atoms with Crippen LogP contribution in [-0.2, 0) is 11.3 Å². The van der Waals surface area contributed by atoms with E-state index in [-0.39, 0.29) is 5.54 Å². The summed E-state index contributed by atoms with van der Waals surface area (Å²) in [6.45, 7) is 2.18. The van der Waals surface area contributed by atoms with E-state index in [4.69, 9.17) is 10.3 Å². The highest BCUT2D eigenvalue weighted by Gasteiger charge is 2.34. The molecule has 0 atom stereocenters. The molecule has 1 heterocycles. The second-order valence-electron chi connectivity index (χ2n) is 5.14. The molecule has 0 radical (unpaired) electrons. The third-order valence-electron chi connectivity index (χ3n) is 3.47. The Morgan fingerprint density at radius 1 is 1.28 bits per heavy atom. The number of rotatable bonds is 5. The average molecular weight is 269 g/mol. The lowest BCUT2D eigenvalue weighted by molar-refractivity contribution is 0.256. The topological polar surface area (TPSA) is 64.9 Å². The zero-order chi connectivity index (χ0) is 12.8. The molecule has 1 aliphatic rings. The molecule has 0 bridgehead atoms. The average Bonchev–Trinajstić information content (AvgIpc) is 2.73. The molecule has 2 N–H and O–H groups in total. The Hall–Kier alpha value is -0.550. The first-order chi connectivity index (χ1) is 8.74. The zero-order valence-corrected chi connectivity index (χ0v) is 12.0. The summed E-state index contributed by atoms with van der Waals surface area (Å²) in [4.78, 5) is 4.50. The van der Waals surface area contributed by atoms with E-state index in [2.05, 4.69) is 17.1 Å². The molecule has 0 aliphatic heterocycles. The van der Waals surface area contributed by atoms with E-state index < -0.39 is 0 Å². The summed E-state index contributed by atoms with van der Waals surface area (Å²) in [5.41, 5.74) is 6.07. The minimum atomic E-state index is -0.378. The Bertz CT molecular complexity index is 359. The van der Waals surface area contributed by atoms with Crippen molar-refractivity contribution >= 4 is 11.8 Å². The lowest BCUT2D eigenvalue weighted by Crippen LogP contribution is -2.36. The van der Waals surface area contributed by atoms with Gasteiger partial charge in [-0.2, -0.15) is 16.7 Å². The van der Waals surface area contributed by atoms with Gasteiger partial charge in [0.05, 0.1) is 11.3 Å². The van der Waals surface area contributed by atoms with Crippen LogP contribution >= 0.6 is 11.8 Å². The fraction of sp³-hybridized carbons (Fsp3) is 0.846. The maximum Gasteiger partial charge on any atom is 0.246 e. The summed E-state index contributed by atoms with van der Waals surface area (Å²) in [7, 11) is 0. The molecule has 1 fully saturated rings. The van der Waals surface area contributed by atoms with Crippen molar-refractivity contribution in [2.75, 3.05) is 5.75 Å². The molecule has 1 aromatic rings. The van der Waals surface area contributed by atoms with Crippen molar-refractivity contribution in [3.8, 4) is 0 Å². The van der Waals surface area contributed by atoms with Crippen LogP contribution < -0.4 is 5.73 Å². The second-order valence-corrected chi connectivity index (χ2v) is 6.24. The fourth-order valence-electron chi connectivity index (χ4n) is 2.40. The van der Waals surface area contributed by atoms with Crippen LogP contribution in [0.25, 0.3) is 0 Å². The predicted molar refractivity (Wildman–Crippen MR) is 74.3 cm³/mol. The highest BCUT2D eigenvalue weighted by Crippen LogP contribution is 2.32. The van der Waals surface area contributed by atoms with Gasteiger partial charge in [0.15, 0.2) is 5.82 Å². The van der Waals surface area contributed by atoms with Gasteiger partial charge in [0.1, 0.15) is 0 Å². The van der Waals surface area contributed by atoms with Gasteiger partial charge in [0.25, 0.3) is 0 Å². The van der Waals surface area contributed by atoms with Gasteiger partial charge in [-0.05, 0) is 25.0 Å². The Morgan fingerprint density at radius 3 is 2.67 bits per heavy atom. The Kier molecular flexibility index (Phi) is 5.06. The summed E-state index contributed by atoms with van der Waals surface area (Å²) in [6, 6.07) is 0. The molecule has 0 amide bonds. The summed E-state index contributed by atoms with van der Waals surface area (Å²) >= 11 is 1.84. The molecule has 1 saturated carbocycles. The lowest BCUT2D eigenvalue weighted by atomic mass is 9.91. The SMILES string of the molecule is CCCSCc1noc(C2(N)CCCCCC2)n1. The van der Waals surface area contributed by atoms with Crippen molar-refractivity contribution in [2.45, 2.75) is 63.2 Å².